The van der Waals surface area contributed by atoms with Crippen LogP contribution in [-0.2, 0) is 21.5 Å². The van der Waals surface area contributed by atoms with Crippen LogP contribution in [0, 0.1) is 13.8 Å². The Balaban J connectivity index is 1.90. The first-order chi connectivity index (χ1) is 16.5. The largest absolute Gasteiger partial charge is 0.507 e. The number of benzene rings is 2. The van der Waals surface area contributed by atoms with E-state index in [0.717, 1.165) is 16.7 Å². The number of methoxy groups -OCH3 is 1. The molecule has 182 valence electrons. The Kier molecular flexibility index (Phi) is 6.32. The third kappa shape index (κ3) is 4.48. The molecule has 6 heteroatoms. The summed E-state index contributed by atoms with van der Waals surface area (Å²) in [7, 11) is 1.56. The van der Waals surface area contributed by atoms with Gasteiger partial charge in [-0.05, 0) is 54.7 Å². The molecule has 0 bridgehead atoms. The summed E-state index contributed by atoms with van der Waals surface area (Å²) in [6.07, 6.45) is 0. The van der Waals surface area contributed by atoms with E-state index in [2.05, 4.69) is 20.8 Å². The molecular weight excluding hydrogens is 442 g/mol. The van der Waals surface area contributed by atoms with Gasteiger partial charge in [-0.15, -0.1) is 0 Å². The number of para-hydroxylation sites is 1. The summed E-state index contributed by atoms with van der Waals surface area (Å²) in [6.45, 7) is 10.0. The lowest BCUT2D eigenvalue weighted by Gasteiger charge is -2.25. The van der Waals surface area contributed by atoms with Gasteiger partial charge in [0.25, 0.3) is 11.7 Å². The summed E-state index contributed by atoms with van der Waals surface area (Å²) in [6, 6.07) is 15.8. The van der Waals surface area contributed by atoms with E-state index in [9.17, 15) is 14.7 Å². The highest BCUT2D eigenvalue weighted by Crippen LogP contribution is 2.42. The topological polar surface area (TPSA) is 80.0 Å². The second kappa shape index (κ2) is 9.10. The molecule has 0 saturated carbocycles. The van der Waals surface area contributed by atoms with Crippen LogP contribution in [0.3, 0.4) is 0 Å². The van der Waals surface area contributed by atoms with Gasteiger partial charge >= 0.3 is 0 Å². The number of Topliss-reactive ketones (excluding diaryl/α,β-unsaturated/α-hetero) is 1. The van der Waals surface area contributed by atoms with Crippen molar-refractivity contribution in [2.75, 3.05) is 7.11 Å². The molecule has 4 rings (SSSR count). The van der Waals surface area contributed by atoms with Crippen LogP contribution in [0.4, 0.5) is 0 Å². The fraction of sp³-hybridized carbons (Fsp3) is 0.310. The van der Waals surface area contributed by atoms with Gasteiger partial charge in [-0.1, -0.05) is 51.1 Å². The Labute approximate surface area is 205 Å². The summed E-state index contributed by atoms with van der Waals surface area (Å²) in [5.74, 6) is 0.0424. The van der Waals surface area contributed by atoms with Crippen molar-refractivity contribution in [3.05, 3.63) is 93.9 Å². The Hall–Kier alpha value is -3.80. The average Bonchev–Trinajstić information content (AvgIpc) is 3.34. The zero-order valence-electron chi connectivity index (χ0n) is 21.0. The molecule has 3 aromatic rings. The second-order valence-corrected chi connectivity index (χ2v) is 9.97. The number of amides is 1. The number of hydrogen-bond donors (Lipinski definition) is 1. The SMILES string of the molecule is COc1ccccc1CN1C(=O)C(=O)/C(=C(/O)c2cc(C(C)(C)C)ccc2C)C1c1ccc(C)o1. The van der Waals surface area contributed by atoms with E-state index in [4.69, 9.17) is 9.15 Å². The number of aliphatic hydroxyl groups excluding tert-OH is 1. The number of furan rings is 1. The molecular formula is C29H31NO5. The summed E-state index contributed by atoms with van der Waals surface area (Å²) >= 11 is 0. The predicted molar refractivity (Wildman–Crippen MR) is 134 cm³/mol. The Morgan fingerprint density at radius 3 is 2.40 bits per heavy atom. The zero-order chi connectivity index (χ0) is 25.5. The first-order valence-electron chi connectivity index (χ1n) is 11.6. The summed E-state index contributed by atoms with van der Waals surface area (Å²) < 4.78 is 11.3. The van der Waals surface area contributed by atoms with Crippen LogP contribution in [0.1, 0.15) is 60.6 Å². The van der Waals surface area contributed by atoms with E-state index in [1.807, 2.05) is 43.3 Å². The van der Waals surface area contributed by atoms with E-state index < -0.39 is 17.7 Å². The fourth-order valence-corrected chi connectivity index (χ4v) is 4.45. The number of aryl methyl sites for hydroxylation is 2. The minimum absolute atomic E-state index is 0.0217. The van der Waals surface area contributed by atoms with Crippen molar-refractivity contribution in [2.45, 2.75) is 52.6 Å². The Morgan fingerprint density at radius 1 is 1.06 bits per heavy atom. The number of carbonyl (C=O) groups excluding carboxylic acids is 2. The number of aliphatic hydroxyl groups is 1. The molecule has 0 radical (unpaired) electrons. The lowest BCUT2D eigenvalue weighted by Crippen LogP contribution is -2.29. The van der Waals surface area contributed by atoms with Gasteiger partial charge in [0.2, 0.25) is 0 Å². The van der Waals surface area contributed by atoms with Crippen LogP contribution in [0.25, 0.3) is 5.76 Å². The quantitative estimate of drug-likeness (QED) is 0.287. The molecule has 1 saturated heterocycles. The molecule has 35 heavy (non-hydrogen) atoms. The third-order valence-corrected chi connectivity index (χ3v) is 6.46. The molecule has 1 aromatic heterocycles. The number of likely N-dealkylation sites (tertiary alicyclic amines) is 1. The van der Waals surface area contributed by atoms with Gasteiger partial charge in [0.05, 0.1) is 19.2 Å². The van der Waals surface area contributed by atoms with Crippen molar-refractivity contribution < 1.29 is 23.8 Å². The van der Waals surface area contributed by atoms with E-state index in [0.29, 0.717) is 22.8 Å². The molecule has 1 aliphatic heterocycles. The molecule has 2 aromatic carbocycles. The highest BCUT2D eigenvalue weighted by atomic mass is 16.5. The first kappa shape index (κ1) is 24.3. The Bertz CT molecular complexity index is 1320. The molecule has 1 amide bonds. The number of ether oxygens (including phenoxy) is 1. The summed E-state index contributed by atoms with van der Waals surface area (Å²) in [4.78, 5) is 28.1. The van der Waals surface area contributed by atoms with Gasteiger partial charge in [0.1, 0.15) is 29.1 Å². The molecule has 2 heterocycles. The highest BCUT2D eigenvalue weighted by Gasteiger charge is 2.48. The van der Waals surface area contributed by atoms with E-state index in [1.54, 1.807) is 32.2 Å². The van der Waals surface area contributed by atoms with Crippen LogP contribution in [0.5, 0.6) is 5.75 Å². The lowest BCUT2D eigenvalue weighted by atomic mass is 9.84. The zero-order valence-corrected chi connectivity index (χ0v) is 21.0. The van der Waals surface area contributed by atoms with Crippen LogP contribution in [-0.4, -0.2) is 28.8 Å². The van der Waals surface area contributed by atoms with Crippen molar-refractivity contribution in [1.82, 2.24) is 4.90 Å². The Morgan fingerprint density at radius 2 is 1.77 bits per heavy atom. The van der Waals surface area contributed by atoms with Gasteiger partial charge in [-0.2, -0.15) is 0 Å². The molecule has 0 aliphatic carbocycles. The predicted octanol–water partition coefficient (Wildman–Crippen LogP) is 5.82. The number of ketones is 1. The molecule has 1 fully saturated rings. The van der Waals surface area contributed by atoms with E-state index in [1.165, 1.54) is 4.90 Å². The van der Waals surface area contributed by atoms with Gasteiger partial charge < -0.3 is 19.2 Å². The number of rotatable bonds is 5. The minimum Gasteiger partial charge on any atom is -0.507 e. The standard InChI is InChI=1S/C29H31NO5/c1-17-11-13-20(29(3,4)5)15-21(17)26(31)24-25(23-14-12-18(2)35-23)30(28(33)27(24)32)16-19-9-7-8-10-22(19)34-6/h7-15,25,31H,16H2,1-6H3/b26-24+. The van der Waals surface area contributed by atoms with E-state index in [-0.39, 0.29) is 23.3 Å². The lowest BCUT2D eigenvalue weighted by molar-refractivity contribution is -0.140. The molecule has 6 nitrogen and oxygen atoms in total. The smallest absolute Gasteiger partial charge is 0.296 e. The third-order valence-electron chi connectivity index (χ3n) is 6.46. The first-order valence-corrected chi connectivity index (χ1v) is 11.6. The minimum atomic E-state index is -0.869. The van der Waals surface area contributed by atoms with Crippen LogP contribution in [0.2, 0.25) is 0 Å². The molecule has 1 atom stereocenters. The van der Waals surface area contributed by atoms with Crippen molar-refractivity contribution in [1.29, 1.82) is 0 Å². The van der Waals surface area contributed by atoms with Crippen molar-refractivity contribution >= 4 is 17.4 Å². The maximum absolute atomic E-state index is 13.4. The molecule has 1 unspecified atom stereocenters. The van der Waals surface area contributed by atoms with Gasteiger partial charge in [0, 0.05) is 11.1 Å². The maximum Gasteiger partial charge on any atom is 0.296 e. The fourth-order valence-electron chi connectivity index (χ4n) is 4.45. The van der Waals surface area contributed by atoms with E-state index >= 15 is 0 Å². The van der Waals surface area contributed by atoms with Crippen LogP contribution in [0.15, 0.2) is 64.6 Å². The molecule has 1 aliphatic rings. The molecule has 1 N–H and O–H groups in total. The number of hydrogen-bond acceptors (Lipinski definition) is 5. The summed E-state index contributed by atoms with van der Waals surface area (Å²) in [5.41, 5.74) is 2.96. The van der Waals surface area contributed by atoms with Crippen molar-refractivity contribution in [2.24, 2.45) is 0 Å². The molecule has 0 spiro atoms. The second-order valence-electron chi connectivity index (χ2n) is 9.97. The summed E-state index contributed by atoms with van der Waals surface area (Å²) in [5, 5.41) is 11.5. The van der Waals surface area contributed by atoms with Crippen molar-refractivity contribution in [3.8, 4) is 5.75 Å². The average molecular weight is 474 g/mol. The normalized spacial score (nSPS) is 17.8. The van der Waals surface area contributed by atoms with Crippen LogP contribution >= 0.6 is 0 Å². The van der Waals surface area contributed by atoms with Crippen molar-refractivity contribution in [3.63, 3.8) is 0 Å². The monoisotopic (exact) mass is 473 g/mol. The highest BCUT2D eigenvalue weighted by molar-refractivity contribution is 6.46. The van der Waals surface area contributed by atoms with Crippen LogP contribution < -0.4 is 4.74 Å². The number of nitrogens with zero attached hydrogens (tertiary/aromatic N) is 1. The number of carbonyl (C=O) groups is 2. The van der Waals surface area contributed by atoms with Gasteiger partial charge in [-0.25, -0.2) is 0 Å². The van der Waals surface area contributed by atoms with Gasteiger partial charge in [-0.3, -0.25) is 9.59 Å². The van der Waals surface area contributed by atoms with Gasteiger partial charge in [0.15, 0.2) is 0 Å². The maximum atomic E-state index is 13.4.